The van der Waals surface area contributed by atoms with Gasteiger partial charge in [-0.3, -0.25) is 9.59 Å². The van der Waals surface area contributed by atoms with Crippen LogP contribution in [0.15, 0.2) is 42.5 Å². The molecule has 154 valence electrons. The number of carbonyl (C=O) groups excluding carboxylic acids is 2. The molecule has 3 saturated carbocycles. The molecule has 1 aromatic carbocycles. The minimum atomic E-state index is 0.0581. The van der Waals surface area contributed by atoms with Gasteiger partial charge in [-0.2, -0.15) is 0 Å². The molecule has 0 bridgehead atoms. The summed E-state index contributed by atoms with van der Waals surface area (Å²) in [4.78, 5) is 25.1. The second kappa shape index (κ2) is 6.72. The standard InChI is InChI=1S/C25H32N2O2/c1-24-14-12-19-17(8-11-21-25(19,2)15-13-22(28)27-21)18(24)9-10-20(24)23(29)26-16-6-4-3-5-7-16/h3-7,13,15,17-21H,8-12,14H2,1-2H3,(H,26,29)(H,27,28)/t17-,18-,19-,20+,21+,24-,25+/m0/s1. The maximum absolute atomic E-state index is 13.2. The van der Waals surface area contributed by atoms with Crippen LogP contribution >= 0.6 is 0 Å². The topological polar surface area (TPSA) is 58.2 Å². The lowest BCUT2D eigenvalue weighted by molar-refractivity contribution is -0.129. The monoisotopic (exact) mass is 392 g/mol. The molecule has 3 aliphatic carbocycles. The highest BCUT2D eigenvalue weighted by atomic mass is 16.2. The summed E-state index contributed by atoms with van der Waals surface area (Å²) in [5.74, 6) is 2.23. The molecule has 5 rings (SSSR count). The fourth-order valence-electron chi connectivity index (χ4n) is 7.51. The van der Waals surface area contributed by atoms with E-state index >= 15 is 0 Å². The molecule has 4 nitrogen and oxygen atoms in total. The van der Waals surface area contributed by atoms with Crippen LogP contribution in [0.25, 0.3) is 0 Å². The predicted molar refractivity (Wildman–Crippen MR) is 114 cm³/mol. The predicted octanol–water partition coefficient (Wildman–Crippen LogP) is 4.54. The van der Waals surface area contributed by atoms with Crippen molar-refractivity contribution in [1.82, 2.24) is 5.32 Å². The number of hydrogen-bond donors (Lipinski definition) is 2. The molecular weight excluding hydrogens is 360 g/mol. The molecule has 1 aromatic rings. The lowest BCUT2D eigenvalue weighted by Crippen LogP contribution is -2.59. The lowest BCUT2D eigenvalue weighted by Gasteiger charge is -2.58. The minimum absolute atomic E-state index is 0.0581. The van der Waals surface area contributed by atoms with Gasteiger partial charge in [0.05, 0.1) is 0 Å². The number of amides is 2. The number of fused-ring (bicyclic) bond motifs is 5. The molecule has 0 spiro atoms. The van der Waals surface area contributed by atoms with Crippen molar-refractivity contribution in [3.8, 4) is 0 Å². The van der Waals surface area contributed by atoms with Crippen LogP contribution in [-0.2, 0) is 9.59 Å². The van der Waals surface area contributed by atoms with Gasteiger partial charge in [-0.15, -0.1) is 0 Å². The van der Waals surface area contributed by atoms with E-state index in [1.165, 1.54) is 6.42 Å². The molecular formula is C25H32N2O2. The second-order valence-electron chi connectivity index (χ2n) is 10.2. The smallest absolute Gasteiger partial charge is 0.243 e. The molecule has 3 fully saturated rings. The molecule has 2 amide bonds. The van der Waals surface area contributed by atoms with Gasteiger partial charge < -0.3 is 10.6 Å². The van der Waals surface area contributed by atoms with Gasteiger partial charge in [-0.05, 0) is 79.9 Å². The first kappa shape index (κ1) is 18.9. The van der Waals surface area contributed by atoms with E-state index in [0.29, 0.717) is 17.8 Å². The third-order valence-corrected chi connectivity index (χ3v) is 9.04. The third kappa shape index (κ3) is 2.86. The summed E-state index contributed by atoms with van der Waals surface area (Å²) in [5, 5.41) is 6.40. The molecule has 0 radical (unpaired) electrons. The van der Waals surface area contributed by atoms with Gasteiger partial charge in [0.25, 0.3) is 0 Å². The molecule has 29 heavy (non-hydrogen) atoms. The number of benzene rings is 1. The molecule has 0 unspecified atom stereocenters. The van der Waals surface area contributed by atoms with Gasteiger partial charge in [0.1, 0.15) is 0 Å². The van der Waals surface area contributed by atoms with Crippen LogP contribution in [0.3, 0.4) is 0 Å². The molecule has 4 aliphatic rings. The van der Waals surface area contributed by atoms with E-state index in [0.717, 1.165) is 37.8 Å². The Morgan fingerprint density at radius 2 is 1.83 bits per heavy atom. The number of para-hydroxylation sites is 1. The molecule has 0 aromatic heterocycles. The third-order valence-electron chi connectivity index (χ3n) is 9.04. The zero-order chi connectivity index (χ0) is 20.2. The van der Waals surface area contributed by atoms with Gasteiger partial charge in [0, 0.05) is 23.1 Å². The van der Waals surface area contributed by atoms with Crippen LogP contribution in [0.1, 0.15) is 52.4 Å². The number of rotatable bonds is 2. The van der Waals surface area contributed by atoms with Crippen LogP contribution in [0, 0.1) is 34.5 Å². The van der Waals surface area contributed by atoms with E-state index in [2.05, 4.69) is 30.6 Å². The number of carbonyl (C=O) groups is 2. The van der Waals surface area contributed by atoms with Crippen molar-refractivity contribution in [2.45, 2.75) is 58.4 Å². The Bertz CT molecular complexity index is 850. The van der Waals surface area contributed by atoms with Crippen LogP contribution in [0.5, 0.6) is 0 Å². The van der Waals surface area contributed by atoms with Crippen LogP contribution in [0.2, 0.25) is 0 Å². The largest absolute Gasteiger partial charge is 0.349 e. The van der Waals surface area contributed by atoms with Crippen molar-refractivity contribution in [2.24, 2.45) is 34.5 Å². The zero-order valence-electron chi connectivity index (χ0n) is 17.5. The Kier molecular flexibility index (Phi) is 4.38. The number of hydrogen-bond acceptors (Lipinski definition) is 2. The first-order valence-corrected chi connectivity index (χ1v) is 11.3. The average Bonchev–Trinajstić information content (AvgIpc) is 3.06. The van der Waals surface area contributed by atoms with E-state index in [-0.39, 0.29) is 34.6 Å². The van der Waals surface area contributed by atoms with E-state index in [1.54, 1.807) is 6.08 Å². The Morgan fingerprint density at radius 3 is 2.62 bits per heavy atom. The normalized spacial score (nSPS) is 43.0. The minimum Gasteiger partial charge on any atom is -0.349 e. The van der Waals surface area contributed by atoms with E-state index in [4.69, 9.17) is 0 Å². The van der Waals surface area contributed by atoms with Gasteiger partial charge in [0.2, 0.25) is 11.8 Å². The molecule has 4 heteroatoms. The average molecular weight is 393 g/mol. The van der Waals surface area contributed by atoms with Gasteiger partial charge in [-0.25, -0.2) is 0 Å². The van der Waals surface area contributed by atoms with Crippen LogP contribution in [0.4, 0.5) is 5.69 Å². The second-order valence-corrected chi connectivity index (χ2v) is 10.2. The van der Waals surface area contributed by atoms with Gasteiger partial charge in [0.15, 0.2) is 0 Å². The Morgan fingerprint density at radius 1 is 1.03 bits per heavy atom. The highest BCUT2D eigenvalue weighted by molar-refractivity contribution is 5.93. The van der Waals surface area contributed by atoms with Crippen molar-refractivity contribution in [1.29, 1.82) is 0 Å². The zero-order valence-corrected chi connectivity index (χ0v) is 17.5. The highest BCUT2D eigenvalue weighted by Crippen LogP contribution is 2.65. The first-order chi connectivity index (χ1) is 13.9. The molecule has 7 atom stereocenters. The van der Waals surface area contributed by atoms with Crippen molar-refractivity contribution in [2.75, 3.05) is 5.32 Å². The van der Waals surface area contributed by atoms with E-state index in [9.17, 15) is 9.59 Å². The molecule has 0 saturated heterocycles. The summed E-state index contributed by atoms with van der Waals surface area (Å²) in [6, 6.07) is 10.1. The van der Waals surface area contributed by atoms with Crippen molar-refractivity contribution < 1.29 is 9.59 Å². The van der Waals surface area contributed by atoms with Crippen LogP contribution < -0.4 is 10.6 Å². The highest BCUT2D eigenvalue weighted by Gasteiger charge is 2.60. The molecule has 1 heterocycles. The summed E-state index contributed by atoms with van der Waals surface area (Å²) >= 11 is 0. The lowest BCUT2D eigenvalue weighted by atomic mass is 9.48. The van der Waals surface area contributed by atoms with Gasteiger partial charge >= 0.3 is 0 Å². The maximum atomic E-state index is 13.2. The Balaban J connectivity index is 1.38. The molecule has 1 aliphatic heterocycles. The molecule has 2 N–H and O–H groups in total. The summed E-state index contributed by atoms with van der Waals surface area (Å²) < 4.78 is 0. The van der Waals surface area contributed by atoms with Crippen molar-refractivity contribution >= 4 is 17.5 Å². The summed E-state index contributed by atoms with van der Waals surface area (Å²) in [7, 11) is 0. The first-order valence-electron chi connectivity index (χ1n) is 11.3. The number of nitrogens with one attached hydrogen (secondary N) is 2. The quantitative estimate of drug-likeness (QED) is 0.776. The van der Waals surface area contributed by atoms with Gasteiger partial charge in [-0.1, -0.05) is 38.1 Å². The summed E-state index contributed by atoms with van der Waals surface area (Å²) in [6.07, 6.45) is 10.6. The van der Waals surface area contributed by atoms with E-state index in [1.807, 2.05) is 30.3 Å². The van der Waals surface area contributed by atoms with E-state index < -0.39 is 0 Å². The maximum Gasteiger partial charge on any atom is 0.243 e. The van der Waals surface area contributed by atoms with Crippen molar-refractivity contribution in [3.05, 3.63) is 42.5 Å². The van der Waals surface area contributed by atoms with Crippen LogP contribution in [-0.4, -0.2) is 17.9 Å². The Labute approximate surface area is 173 Å². The van der Waals surface area contributed by atoms with Crippen molar-refractivity contribution in [3.63, 3.8) is 0 Å². The SMILES string of the molecule is C[C@]12C=CC(=O)N[C@@H]1CC[C@@H]1[C@@H]2CC[C@]2(C)[C@@H](C(=O)Nc3ccccc3)CC[C@@H]12. The number of anilines is 1. The fraction of sp³-hybridized carbons (Fsp3) is 0.600. The summed E-state index contributed by atoms with van der Waals surface area (Å²) in [5.41, 5.74) is 1.04. The Hall–Kier alpha value is -2.10. The fourth-order valence-corrected chi connectivity index (χ4v) is 7.51. The summed E-state index contributed by atoms with van der Waals surface area (Å²) in [6.45, 7) is 4.73.